The second-order valence-corrected chi connectivity index (χ2v) is 5.98. The summed E-state index contributed by atoms with van der Waals surface area (Å²) < 4.78 is 5.29. The lowest BCUT2D eigenvalue weighted by molar-refractivity contribution is -0.130. The minimum Gasteiger partial charge on any atom is -0.497 e. The van der Waals surface area contributed by atoms with Gasteiger partial charge in [-0.2, -0.15) is 0 Å². The lowest BCUT2D eigenvalue weighted by Crippen LogP contribution is -2.37. The van der Waals surface area contributed by atoms with E-state index in [1.807, 2.05) is 41.3 Å². The highest BCUT2D eigenvalue weighted by molar-refractivity contribution is 5.73. The molecule has 0 radical (unpaired) electrons. The molecule has 1 aromatic heterocycles. The minimum atomic E-state index is 0.152. The van der Waals surface area contributed by atoms with Crippen molar-refractivity contribution < 1.29 is 9.53 Å². The molecule has 0 spiro atoms. The summed E-state index contributed by atoms with van der Waals surface area (Å²) >= 11 is 0. The minimum absolute atomic E-state index is 0.152. The highest BCUT2D eigenvalue weighted by Gasteiger charge is 2.23. The van der Waals surface area contributed by atoms with E-state index in [1.165, 1.54) is 0 Å². The average molecular weight is 310 g/mol. The van der Waals surface area contributed by atoms with Gasteiger partial charge >= 0.3 is 0 Å². The smallest absolute Gasteiger partial charge is 0.219 e. The summed E-state index contributed by atoms with van der Waals surface area (Å²) in [6.45, 7) is 3.27. The second kappa shape index (κ2) is 6.82. The van der Waals surface area contributed by atoms with Gasteiger partial charge in [0.1, 0.15) is 5.75 Å². The van der Waals surface area contributed by atoms with Crippen LogP contribution >= 0.6 is 0 Å². The van der Waals surface area contributed by atoms with Crippen molar-refractivity contribution in [2.45, 2.75) is 25.7 Å². The number of benzene rings is 1. The molecule has 0 saturated carbocycles. The fourth-order valence-corrected chi connectivity index (χ4v) is 3.13. The van der Waals surface area contributed by atoms with Gasteiger partial charge in [0, 0.05) is 37.2 Å². The monoisotopic (exact) mass is 310 g/mol. The predicted molar refractivity (Wildman–Crippen MR) is 90.5 cm³/mol. The summed E-state index contributed by atoms with van der Waals surface area (Å²) in [5.74, 6) is 1.30. The van der Waals surface area contributed by atoms with Crippen LogP contribution in [0.3, 0.4) is 0 Å². The fraction of sp³-hybridized carbons (Fsp3) is 0.368. The van der Waals surface area contributed by atoms with E-state index in [-0.39, 0.29) is 5.91 Å². The Balaban J connectivity index is 1.86. The van der Waals surface area contributed by atoms with Crippen molar-refractivity contribution in [1.29, 1.82) is 0 Å². The van der Waals surface area contributed by atoms with Crippen LogP contribution in [0, 0.1) is 0 Å². The van der Waals surface area contributed by atoms with Gasteiger partial charge in [0.15, 0.2) is 0 Å². The van der Waals surface area contributed by atoms with E-state index in [9.17, 15) is 4.79 Å². The van der Waals surface area contributed by atoms with Gasteiger partial charge < -0.3 is 9.64 Å². The molecule has 1 atom stereocenters. The van der Waals surface area contributed by atoms with Crippen LogP contribution in [0.5, 0.6) is 5.75 Å². The maximum atomic E-state index is 11.6. The number of piperidine rings is 1. The Hall–Kier alpha value is -2.36. The third-order valence-corrected chi connectivity index (χ3v) is 4.42. The molecule has 1 aliphatic rings. The first kappa shape index (κ1) is 15.5. The SMILES string of the molecule is COc1cccc(-c2cccc([C@@H]3CCCN(C(C)=O)C3)n2)c1. The molecule has 1 saturated heterocycles. The summed E-state index contributed by atoms with van der Waals surface area (Å²) in [7, 11) is 1.67. The first-order valence-electron chi connectivity index (χ1n) is 8.04. The van der Waals surface area contributed by atoms with E-state index in [0.717, 1.165) is 48.6 Å². The van der Waals surface area contributed by atoms with Crippen LogP contribution in [-0.4, -0.2) is 36.0 Å². The molecular weight excluding hydrogens is 288 g/mol. The first-order valence-corrected chi connectivity index (χ1v) is 8.04. The third-order valence-electron chi connectivity index (χ3n) is 4.42. The van der Waals surface area contributed by atoms with Crippen molar-refractivity contribution in [2.24, 2.45) is 0 Å². The largest absolute Gasteiger partial charge is 0.497 e. The number of hydrogen-bond acceptors (Lipinski definition) is 3. The molecule has 1 aliphatic heterocycles. The quantitative estimate of drug-likeness (QED) is 0.871. The van der Waals surface area contributed by atoms with Crippen LogP contribution in [-0.2, 0) is 4.79 Å². The number of methoxy groups -OCH3 is 1. The average Bonchev–Trinajstić information content (AvgIpc) is 2.62. The molecule has 1 amide bonds. The lowest BCUT2D eigenvalue weighted by atomic mass is 9.94. The van der Waals surface area contributed by atoms with Gasteiger partial charge in [-0.25, -0.2) is 0 Å². The Kier molecular flexibility index (Phi) is 4.60. The summed E-state index contributed by atoms with van der Waals surface area (Å²) in [6.07, 6.45) is 2.12. The van der Waals surface area contributed by atoms with Crippen LogP contribution in [0.4, 0.5) is 0 Å². The Bertz CT molecular complexity index is 699. The summed E-state index contributed by atoms with van der Waals surface area (Å²) in [5, 5.41) is 0. The van der Waals surface area contributed by atoms with Crippen molar-refractivity contribution in [2.75, 3.05) is 20.2 Å². The number of aromatic nitrogens is 1. The number of nitrogens with zero attached hydrogens (tertiary/aromatic N) is 2. The number of ether oxygens (including phenoxy) is 1. The molecule has 3 rings (SSSR count). The Labute approximate surface area is 137 Å². The van der Waals surface area contributed by atoms with E-state index in [2.05, 4.69) is 6.07 Å². The van der Waals surface area contributed by atoms with E-state index in [1.54, 1.807) is 14.0 Å². The number of amides is 1. The molecule has 0 bridgehead atoms. The molecule has 1 aromatic carbocycles. The Morgan fingerprint density at radius 3 is 2.87 bits per heavy atom. The van der Waals surface area contributed by atoms with Crippen LogP contribution in [0.25, 0.3) is 11.3 Å². The Morgan fingerprint density at radius 1 is 1.26 bits per heavy atom. The van der Waals surface area contributed by atoms with E-state index >= 15 is 0 Å². The number of rotatable bonds is 3. The van der Waals surface area contributed by atoms with Crippen molar-refractivity contribution in [3.05, 3.63) is 48.2 Å². The molecule has 0 unspecified atom stereocenters. The van der Waals surface area contributed by atoms with E-state index < -0.39 is 0 Å². The highest BCUT2D eigenvalue weighted by Crippen LogP contribution is 2.28. The van der Waals surface area contributed by atoms with Gasteiger partial charge in [-0.05, 0) is 37.1 Å². The van der Waals surface area contributed by atoms with Crippen LogP contribution in [0.1, 0.15) is 31.4 Å². The predicted octanol–water partition coefficient (Wildman–Crippen LogP) is 3.48. The van der Waals surface area contributed by atoms with Gasteiger partial charge in [0.05, 0.1) is 12.8 Å². The van der Waals surface area contributed by atoms with Gasteiger partial charge in [0.2, 0.25) is 5.91 Å². The normalized spacial score (nSPS) is 17.8. The molecule has 120 valence electrons. The molecular formula is C19H22N2O2. The van der Waals surface area contributed by atoms with Crippen LogP contribution in [0.15, 0.2) is 42.5 Å². The standard InChI is InChI=1S/C19H22N2O2/c1-14(22)21-11-5-7-16(13-21)19-10-4-9-18(20-19)15-6-3-8-17(12-15)23-2/h3-4,6,8-10,12,16H,5,7,11,13H2,1-2H3/t16-/m1/s1. The first-order chi connectivity index (χ1) is 11.2. The second-order valence-electron chi connectivity index (χ2n) is 5.98. The number of likely N-dealkylation sites (tertiary alicyclic amines) is 1. The molecule has 4 heteroatoms. The van der Waals surface area contributed by atoms with Crippen molar-refractivity contribution in [1.82, 2.24) is 9.88 Å². The lowest BCUT2D eigenvalue weighted by Gasteiger charge is -2.31. The molecule has 23 heavy (non-hydrogen) atoms. The van der Waals surface area contributed by atoms with Gasteiger partial charge in [-0.15, -0.1) is 0 Å². The highest BCUT2D eigenvalue weighted by atomic mass is 16.5. The maximum Gasteiger partial charge on any atom is 0.219 e. The number of pyridine rings is 1. The molecule has 2 heterocycles. The molecule has 0 aliphatic carbocycles. The number of carbonyl (C=O) groups is 1. The zero-order chi connectivity index (χ0) is 16.2. The van der Waals surface area contributed by atoms with E-state index in [0.29, 0.717) is 5.92 Å². The van der Waals surface area contributed by atoms with Gasteiger partial charge in [0.25, 0.3) is 0 Å². The van der Waals surface area contributed by atoms with Crippen LogP contribution < -0.4 is 4.74 Å². The zero-order valence-electron chi connectivity index (χ0n) is 13.7. The summed E-state index contributed by atoms with van der Waals surface area (Å²) in [6, 6.07) is 14.1. The molecule has 0 N–H and O–H groups in total. The van der Waals surface area contributed by atoms with Crippen LogP contribution in [0.2, 0.25) is 0 Å². The Morgan fingerprint density at radius 2 is 2.09 bits per heavy atom. The molecule has 2 aromatic rings. The summed E-state index contributed by atoms with van der Waals surface area (Å²) in [4.78, 5) is 18.4. The van der Waals surface area contributed by atoms with Gasteiger partial charge in [-0.1, -0.05) is 18.2 Å². The van der Waals surface area contributed by atoms with Crippen molar-refractivity contribution in [3.8, 4) is 17.0 Å². The maximum absolute atomic E-state index is 11.6. The van der Waals surface area contributed by atoms with Crippen molar-refractivity contribution in [3.63, 3.8) is 0 Å². The number of carbonyl (C=O) groups excluding carboxylic acids is 1. The van der Waals surface area contributed by atoms with Gasteiger partial charge in [-0.3, -0.25) is 9.78 Å². The summed E-state index contributed by atoms with van der Waals surface area (Å²) in [5.41, 5.74) is 3.06. The topological polar surface area (TPSA) is 42.4 Å². The third kappa shape index (κ3) is 3.52. The van der Waals surface area contributed by atoms with Crippen molar-refractivity contribution >= 4 is 5.91 Å². The molecule has 4 nitrogen and oxygen atoms in total. The fourth-order valence-electron chi connectivity index (χ4n) is 3.13. The number of hydrogen-bond donors (Lipinski definition) is 0. The zero-order valence-corrected chi connectivity index (χ0v) is 13.7. The van der Waals surface area contributed by atoms with E-state index in [4.69, 9.17) is 9.72 Å². The molecule has 1 fully saturated rings.